The van der Waals surface area contributed by atoms with Crippen molar-refractivity contribution in [1.82, 2.24) is 4.98 Å². The number of benzene rings is 1. The highest BCUT2D eigenvalue weighted by Gasteiger charge is 2.13. The number of H-pyrrole nitrogens is 1. The van der Waals surface area contributed by atoms with Crippen molar-refractivity contribution in [2.75, 3.05) is 0 Å². The molecule has 0 bridgehead atoms. The number of hydrogen-bond acceptors (Lipinski definition) is 6. The molecule has 0 spiro atoms. The van der Waals surface area contributed by atoms with Gasteiger partial charge in [-0.25, -0.2) is 4.79 Å². The van der Waals surface area contributed by atoms with E-state index in [0.717, 1.165) is 6.07 Å². The Labute approximate surface area is 129 Å². The van der Waals surface area contributed by atoms with Crippen molar-refractivity contribution in [2.45, 2.75) is 6.92 Å². The van der Waals surface area contributed by atoms with Gasteiger partial charge in [-0.1, -0.05) is 0 Å². The van der Waals surface area contributed by atoms with E-state index in [0.29, 0.717) is 0 Å². The van der Waals surface area contributed by atoms with Crippen LogP contribution < -0.4 is 5.56 Å². The molecule has 0 saturated carbocycles. The van der Waals surface area contributed by atoms with Gasteiger partial charge >= 0.3 is 5.97 Å². The molecule has 0 fully saturated rings. The Bertz CT molecular complexity index is 922. The maximum atomic E-state index is 11.5. The van der Waals surface area contributed by atoms with E-state index in [1.807, 2.05) is 0 Å². The minimum atomic E-state index is -1.31. The van der Waals surface area contributed by atoms with Gasteiger partial charge < -0.3 is 15.3 Å². The second-order valence-electron chi connectivity index (χ2n) is 4.59. The van der Waals surface area contributed by atoms with Crippen LogP contribution in [0, 0.1) is 18.3 Å². The highest BCUT2D eigenvalue weighted by molar-refractivity contribution is 5.92. The minimum absolute atomic E-state index is 0.131. The van der Waals surface area contributed by atoms with Gasteiger partial charge in [0.05, 0.1) is 11.3 Å². The number of carboxylic acids is 1. The van der Waals surface area contributed by atoms with E-state index in [1.54, 1.807) is 6.07 Å². The van der Waals surface area contributed by atoms with Crippen LogP contribution in [0.25, 0.3) is 0 Å². The first kappa shape index (κ1) is 15.8. The topological polar surface area (TPSA) is 147 Å². The van der Waals surface area contributed by atoms with Crippen molar-refractivity contribution in [1.29, 1.82) is 5.26 Å². The first-order valence-corrected chi connectivity index (χ1v) is 6.31. The van der Waals surface area contributed by atoms with Crippen LogP contribution in [0.2, 0.25) is 0 Å². The van der Waals surface area contributed by atoms with Gasteiger partial charge in [-0.05, 0) is 30.7 Å². The van der Waals surface area contributed by atoms with Gasteiger partial charge in [0.1, 0.15) is 22.9 Å². The number of carboxylic acid groups (broad SMARTS) is 1. The number of aliphatic imine (C=N–C) groups is 1. The summed E-state index contributed by atoms with van der Waals surface area (Å²) in [5, 5.41) is 37.1. The molecule has 8 nitrogen and oxygen atoms in total. The van der Waals surface area contributed by atoms with Crippen molar-refractivity contribution in [2.24, 2.45) is 4.99 Å². The molecule has 1 aromatic carbocycles. The van der Waals surface area contributed by atoms with E-state index in [4.69, 9.17) is 10.4 Å². The van der Waals surface area contributed by atoms with E-state index in [1.165, 1.54) is 25.3 Å². The number of aromatic nitrogens is 1. The van der Waals surface area contributed by atoms with Gasteiger partial charge in [0.25, 0.3) is 5.56 Å². The molecule has 8 heteroatoms. The quantitative estimate of drug-likeness (QED) is 0.630. The minimum Gasteiger partial charge on any atom is -0.507 e. The first-order valence-electron chi connectivity index (χ1n) is 6.31. The summed E-state index contributed by atoms with van der Waals surface area (Å²) in [5.74, 6) is -2.16. The summed E-state index contributed by atoms with van der Waals surface area (Å²) < 4.78 is 0. The number of phenols is 1. The molecule has 0 radical (unpaired) electrons. The monoisotopic (exact) mass is 313 g/mol. The molecule has 4 N–H and O–H groups in total. The zero-order valence-corrected chi connectivity index (χ0v) is 11.9. The Morgan fingerprint density at radius 2 is 2.09 bits per heavy atom. The Kier molecular flexibility index (Phi) is 4.14. The molecule has 0 aliphatic heterocycles. The largest absolute Gasteiger partial charge is 0.507 e. The summed E-state index contributed by atoms with van der Waals surface area (Å²) in [4.78, 5) is 28.6. The van der Waals surface area contributed by atoms with Crippen LogP contribution in [0.5, 0.6) is 11.6 Å². The van der Waals surface area contributed by atoms with Crippen molar-refractivity contribution in [3.8, 4) is 17.7 Å². The Hall–Kier alpha value is -3.60. The van der Waals surface area contributed by atoms with E-state index >= 15 is 0 Å². The number of nitrogens with zero attached hydrogens (tertiary/aromatic N) is 2. The lowest BCUT2D eigenvalue weighted by atomic mass is 10.1. The number of nitrogens with one attached hydrogen (secondary N) is 1. The average Bonchev–Trinajstić information content (AvgIpc) is 2.48. The number of aromatic amines is 1. The number of nitriles is 1. The van der Waals surface area contributed by atoms with Crippen LogP contribution in [0.1, 0.15) is 27.0 Å². The average molecular weight is 313 g/mol. The third-order valence-electron chi connectivity index (χ3n) is 3.16. The fourth-order valence-electron chi connectivity index (χ4n) is 1.93. The maximum absolute atomic E-state index is 11.5. The van der Waals surface area contributed by atoms with Crippen LogP contribution in [0.15, 0.2) is 28.0 Å². The van der Waals surface area contributed by atoms with Gasteiger partial charge in [0.15, 0.2) is 0 Å². The summed E-state index contributed by atoms with van der Waals surface area (Å²) in [6.45, 7) is 1.48. The first-order chi connectivity index (χ1) is 10.8. The summed E-state index contributed by atoms with van der Waals surface area (Å²) in [6.07, 6.45) is 1.19. The van der Waals surface area contributed by atoms with Crippen LogP contribution >= 0.6 is 0 Å². The van der Waals surface area contributed by atoms with Crippen molar-refractivity contribution >= 4 is 17.9 Å². The molecular weight excluding hydrogens is 302 g/mol. The van der Waals surface area contributed by atoms with E-state index < -0.39 is 23.2 Å². The van der Waals surface area contributed by atoms with Gasteiger partial charge in [-0.3, -0.25) is 14.8 Å². The second-order valence-corrected chi connectivity index (χ2v) is 4.59. The highest BCUT2D eigenvalue weighted by atomic mass is 16.4. The van der Waals surface area contributed by atoms with Gasteiger partial charge in [0, 0.05) is 6.21 Å². The lowest BCUT2D eigenvalue weighted by Crippen LogP contribution is -2.14. The lowest BCUT2D eigenvalue weighted by molar-refractivity contribution is 0.0693. The molecule has 0 amide bonds. The van der Waals surface area contributed by atoms with Gasteiger partial charge in [-0.15, -0.1) is 0 Å². The van der Waals surface area contributed by atoms with Gasteiger partial charge in [-0.2, -0.15) is 5.26 Å². The van der Waals surface area contributed by atoms with Crippen LogP contribution in [0.4, 0.5) is 5.69 Å². The van der Waals surface area contributed by atoms with E-state index in [-0.39, 0.29) is 27.9 Å². The molecule has 0 aliphatic rings. The summed E-state index contributed by atoms with van der Waals surface area (Å²) >= 11 is 0. The van der Waals surface area contributed by atoms with E-state index in [9.17, 15) is 19.8 Å². The normalized spacial score (nSPS) is 10.6. The standard InChI is InChI=1S/C15H11N3O5/c1-7-10(5-16)13(20)18-14(21)11(7)6-17-8-2-3-12(19)9(4-8)15(22)23/h2-4,6,19H,1H3,(H,22,23)(H2,18,20,21). The SMILES string of the molecule is Cc1c(C=Nc2ccc(O)c(C(=O)O)c2)c(O)[nH]c(=O)c1C#N. The number of rotatable bonds is 3. The highest BCUT2D eigenvalue weighted by Crippen LogP contribution is 2.24. The molecule has 2 aromatic rings. The molecule has 0 saturated heterocycles. The Balaban J connectivity index is 2.50. The molecule has 0 aliphatic carbocycles. The molecule has 116 valence electrons. The number of carbonyl (C=O) groups is 1. The van der Waals surface area contributed by atoms with Crippen LogP contribution in [0.3, 0.4) is 0 Å². The number of aromatic carboxylic acids is 1. The fourth-order valence-corrected chi connectivity index (χ4v) is 1.93. The zero-order valence-electron chi connectivity index (χ0n) is 11.9. The van der Waals surface area contributed by atoms with Crippen LogP contribution in [-0.2, 0) is 0 Å². The zero-order chi connectivity index (χ0) is 17.1. The fraction of sp³-hybridized carbons (Fsp3) is 0.0667. The third-order valence-corrected chi connectivity index (χ3v) is 3.16. The van der Waals surface area contributed by atoms with Crippen molar-refractivity contribution < 1.29 is 20.1 Å². The summed E-state index contributed by atoms with van der Waals surface area (Å²) in [6, 6.07) is 5.44. The molecule has 0 unspecified atom stereocenters. The maximum Gasteiger partial charge on any atom is 0.339 e. The number of aromatic hydroxyl groups is 2. The molecular formula is C15H11N3O5. The number of pyridine rings is 1. The van der Waals surface area contributed by atoms with Gasteiger partial charge in [0.2, 0.25) is 5.88 Å². The number of hydrogen-bond donors (Lipinski definition) is 4. The summed E-state index contributed by atoms with van der Waals surface area (Å²) in [7, 11) is 0. The predicted octanol–water partition coefficient (Wildman–Crippen LogP) is 1.42. The smallest absolute Gasteiger partial charge is 0.339 e. The van der Waals surface area contributed by atoms with Crippen molar-refractivity contribution in [3.63, 3.8) is 0 Å². The lowest BCUT2D eigenvalue weighted by Gasteiger charge is -2.05. The molecule has 2 rings (SSSR count). The Morgan fingerprint density at radius 3 is 2.70 bits per heavy atom. The molecule has 1 aromatic heterocycles. The Morgan fingerprint density at radius 1 is 1.39 bits per heavy atom. The molecule has 23 heavy (non-hydrogen) atoms. The third kappa shape index (κ3) is 3.03. The second kappa shape index (κ2) is 6.03. The van der Waals surface area contributed by atoms with Crippen molar-refractivity contribution in [3.05, 3.63) is 50.8 Å². The summed E-state index contributed by atoms with van der Waals surface area (Å²) in [5.41, 5.74) is -0.594. The molecule has 0 atom stereocenters. The predicted molar refractivity (Wildman–Crippen MR) is 80.5 cm³/mol. The van der Waals surface area contributed by atoms with E-state index in [2.05, 4.69) is 9.98 Å². The van der Waals surface area contributed by atoms with Crippen LogP contribution in [-0.4, -0.2) is 32.5 Å². The molecule has 1 heterocycles.